The van der Waals surface area contributed by atoms with Crippen LogP contribution in [0.5, 0.6) is 0 Å². The average Bonchev–Trinajstić information content (AvgIpc) is 2.31. The summed E-state index contributed by atoms with van der Waals surface area (Å²) < 4.78 is 12.9. The maximum atomic E-state index is 12.9. The second-order valence-electron chi connectivity index (χ2n) is 3.33. The maximum absolute atomic E-state index is 12.9. The number of rotatable bonds is 3. The van der Waals surface area contributed by atoms with Gasteiger partial charge in [0.15, 0.2) is 0 Å². The first kappa shape index (κ1) is 12.1. The van der Waals surface area contributed by atoms with Gasteiger partial charge in [-0.05, 0) is 17.7 Å². The standard InChI is InChI=1S/C11H8Cl2FN3/c12-8-3-7(1-2-9(8)14)4-16-11-6-15-5-10(13)17-11/h1-3,5-6H,4H2,(H,16,17). The predicted octanol–water partition coefficient (Wildman–Crippen LogP) is 3.53. The molecule has 1 aromatic carbocycles. The molecule has 17 heavy (non-hydrogen) atoms. The summed E-state index contributed by atoms with van der Waals surface area (Å²) in [4.78, 5) is 7.90. The van der Waals surface area contributed by atoms with Gasteiger partial charge in [-0.3, -0.25) is 4.98 Å². The molecule has 0 amide bonds. The van der Waals surface area contributed by atoms with E-state index in [9.17, 15) is 4.39 Å². The summed E-state index contributed by atoms with van der Waals surface area (Å²) in [5, 5.41) is 3.42. The smallest absolute Gasteiger partial charge is 0.149 e. The van der Waals surface area contributed by atoms with Crippen molar-refractivity contribution in [3.63, 3.8) is 0 Å². The Hall–Kier alpha value is -1.39. The van der Waals surface area contributed by atoms with Crippen LogP contribution in [0.3, 0.4) is 0 Å². The largest absolute Gasteiger partial charge is 0.365 e. The number of hydrogen-bond donors (Lipinski definition) is 1. The Morgan fingerprint density at radius 3 is 2.76 bits per heavy atom. The van der Waals surface area contributed by atoms with E-state index in [0.29, 0.717) is 17.5 Å². The van der Waals surface area contributed by atoms with Gasteiger partial charge >= 0.3 is 0 Å². The molecule has 0 radical (unpaired) electrons. The van der Waals surface area contributed by atoms with Crippen molar-refractivity contribution in [3.05, 3.63) is 52.1 Å². The Labute approximate surface area is 108 Å². The minimum Gasteiger partial charge on any atom is -0.365 e. The Kier molecular flexibility index (Phi) is 3.76. The Bertz CT molecular complexity index is 534. The zero-order chi connectivity index (χ0) is 12.3. The van der Waals surface area contributed by atoms with E-state index < -0.39 is 5.82 Å². The number of anilines is 1. The summed E-state index contributed by atoms with van der Waals surface area (Å²) in [5.41, 5.74) is 0.846. The van der Waals surface area contributed by atoms with Crippen LogP contribution in [0.15, 0.2) is 30.6 Å². The Balaban J connectivity index is 2.05. The molecule has 0 bridgehead atoms. The van der Waals surface area contributed by atoms with Crippen molar-refractivity contribution in [1.29, 1.82) is 0 Å². The molecule has 0 atom stereocenters. The van der Waals surface area contributed by atoms with E-state index in [1.807, 2.05) is 0 Å². The normalized spacial score (nSPS) is 10.3. The first-order valence-electron chi connectivity index (χ1n) is 4.80. The molecule has 0 spiro atoms. The van der Waals surface area contributed by atoms with Gasteiger partial charge in [-0.25, -0.2) is 9.37 Å². The second kappa shape index (κ2) is 5.29. The number of nitrogens with zero attached hydrogens (tertiary/aromatic N) is 2. The van der Waals surface area contributed by atoms with Gasteiger partial charge < -0.3 is 5.32 Å². The summed E-state index contributed by atoms with van der Waals surface area (Å²) in [7, 11) is 0. The molecule has 0 aliphatic carbocycles. The fourth-order valence-corrected chi connectivity index (χ4v) is 1.62. The minimum absolute atomic E-state index is 0.0986. The van der Waals surface area contributed by atoms with Crippen molar-refractivity contribution < 1.29 is 4.39 Å². The minimum atomic E-state index is -0.432. The highest BCUT2D eigenvalue weighted by Gasteiger charge is 2.01. The highest BCUT2D eigenvalue weighted by Crippen LogP contribution is 2.17. The highest BCUT2D eigenvalue weighted by atomic mass is 35.5. The van der Waals surface area contributed by atoms with Crippen molar-refractivity contribution in [2.24, 2.45) is 0 Å². The summed E-state index contributed by atoms with van der Waals surface area (Å²) in [6, 6.07) is 4.52. The quantitative estimate of drug-likeness (QED) is 0.928. The molecule has 1 aromatic heterocycles. The first-order valence-corrected chi connectivity index (χ1v) is 5.56. The van der Waals surface area contributed by atoms with E-state index in [1.165, 1.54) is 12.3 Å². The average molecular weight is 272 g/mol. The molecule has 0 aliphatic rings. The lowest BCUT2D eigenvalue weighted by molar-refractivity contribution is 0.627. The first-order chi connectivity index (χ1) is 8.15. The van der Waals surface area contributed by atoms with Crippen molar-refractivity contribution in [2.45, 2.75) is 6.54 Å². The summed E-state index contributed by atoms with van der Waals surface area (Å²) >= 11 is 11.4. The number of aromatic nitrogens is 2. The molecular weight excluding hydrogens is 264 g/mol. The van der Waals surface area contributed by atoms with Gasteiger partial charge in [0.25, 0.3) is 0 Å². The summed E-state index contributed by atoms with van der Waals surface area (Å²) in [6.45, 7) is 0.467. The van der Waals surface area contributed by atoms with Crippen molar-refractivity contribution in [3.8, 4) is 0 Å². The second-order valence-corrected chi connectivity index (χ2v) is 4.12. The lowest BCUT2D eigenvalue weighted by Crippen LogP contribution is -2.02. The molecule has 1 heterocycles. The molecule has 0 saturated carbocycles. The van der Waals surface area contributed by atoms with E-state index in [1.54, 1.807) is 18.3 Å². The molecule has 2 aromatic rings. The van der Waals surface area contributed by atoms with Gasteiger partial charge in [-0.1, -0.05) is 29.3 Å². The van der Waals surface area contributed by atoms with Crippen LogP contribution < -0.4 is 5.32 Å². The van der Waals surface area contributed by atoms with Crippen LogP contribution in [0.1, 0.15) is 5.56 Å². The lowest BCUT2D eigenvalue weighted by Gasteiger charge is -2.06. The highest BCUT2D eigenvalue weighted by molar-refractivity contribution is 6.30. The van der Waals surface area contributed by atoms with Crippen LogP contribution in [0.2, 0.25) is 10.2 Å². The lowest BCUT2D eigenvalue weighted by atomic mass is 10.2. The third-order valence-corrected chi connectivity index (χ3v) is 2.53. The van der Waals surface area contributed by atoms with Gasteiger partial charge in [0, 0.05) is 6.54 Å². The molecule has 0 saturated heterocycles. The van der Waals surface area contributed by atoms with Crippen LogP contribution >= 0.6 is 23.2 Å². The topological polar surface area (TPSA) is 37.8 Å². The van der Waals surface area contributed by atoms with Gasteiger partial charge in [0.2, 0.25) is 0 Å². The number of nitrogens with one attached hydrogen (secondary N) is 1. The third-order valence-electron chi connectivity index (χ3n) is 2.06. The van der Waals surface area contributed by atoms with Gasteiger partial charge in [0.05, 0.1) is 17.4 Å². The fraction of sp³-hybridized carbons (Fsp3) is 0.0909. The van der Waals surface area contributed by atoms with Gasteiger partial charge in [-0.2, -0.15) is 0 Å². The van der Waals surface area contributed by atoms with Crippen LogP contribution in [-0.4, -0.2) is 9.97 Å². The molecule has 1 N–H and O–H groups in total. The molecule has 0 fully saturated rings. The van der Waals surface area contributed by atoms with E-state index in [4.69, 9.17) is 23.2 Å². The Morgan fingerprint density at radius 1 is 1.24 bits per heavy atom. The molecule has 0 aliphatic heterocycles. The molecule has 3 nitrogen and oxygen atoms in total. The van der Waals surface area contributed by atoms with E-state index in [-0.39, 0.29) is 5.02 Å². The number of hydrogen-bond acceptors (Lipinski definition) is 3. The van der Waals surface area contributed by atoms with Crippen LogP contribution in [0.4, 0.5) is 10.2 Å². The maximum Gasteiger partial charge on any atom is 0.149 e. The monoisotopic (exact) mass is 271 g/mol. The molecule has 0 unspecified atom stereocenters. The fourth-order valence-electron chi connectivity index (χ4n) is 1.27. The molecule has 2 rings (SSSR count). The van der Waals surface area contributed by atoms with Gasteiger partial charge in [-0.15, -0.1) is 0 Å². The van der Waals surface area contributed by atoms with E-state index in [0.717, 1.165) is 5.56 Å². The van der Waals surface area contributed by atoms with Crippen LogP contribution in [0.25, 0.3) is 0 Å². The Morgan fingerprint density at radius 2 is 2.06 bits per heavy atom. The van der Waals surface area contributed by atoms with Gasteiger partial charge in [0.1, 0.15) is 16.8 Å². The van der Waals surface area contributed by atoms with E-state index in [2.05, 4.69) is 15.3 Å². The SMILES string of the molecule is Fc1ccc(CNc2cncc(Cl)n2)cc1Cl. The zero-order valence-corrected chi connectivity index (χ0v) is 10.1. The summed E-state index contributed by atoms with van der Waals surface area (Å²) in [5.74, 6) is 0.121. The van der Waals surface area contributed by atoms with Crippen molar-refractivity contribution in [1.82, 2.24) is 9.97 Å². The predicted molar refractivity (Wildman–Crippen MR) is 65.8 cm³/mol. The number of benzene rings is 1. The molecular formula is C11H8Cl2FN3. The summed E-state index contributed by atoms with van der Waals surface area (Å²) in [6.07, 6.45) is 3.00. The zero-order valence-electron chi connectivity index (χ0n) is 8.62. The van der Waals surface area contributed by atoms with Crippen LogP contribution in [0, 0.1) is 5.82 Å². The van der Waals surface area contributed by atoms with E-state index >= 15 is 0 Å². The molecule has 88 valence electrons. The van der Waals surface area contributed by atoms with Crippen molar-refractivity contribution in [2.75, 3.05) is 5.32 Å². The number of halogens is 3. The third kappa shape index (κ3) is 3.28. The molecule has 6 heteroatoms. The van der Waals surface area contributed by atoms with Crippen molar-refractivity contribution >= 4 is 29.0 Å². The van der Waals surface area contributed by atoms with Crippen LogP contribution in [-0.2, 0) is 6.54 Å².